The third-order valence-corrected chi connectivity index (χ3v) is 4.14. The van der Waals surface area contributed by atoms with Gasteiger partial charge in [0.15, 0.2) is 0 Å². The first-order valence-electron chi connectivity index (χ1n) is 9.94. The largest absolute Gasteiger partial charge is 0.508 e. The molecule has 0 spiro atoms. The van der Waals surface area contributed by atoms with Crippen LogP contribution in [0.2, 0.25) is 0 Å². The van der Waals surface area contributed by atoms with E-state index in [1.807, 2.05) is 63.4 Å². The van der Waals surface area contributed by atoms with Gasteiger partial charge in [0.05, 0.1) is 26.4 Å². The zero-order chi connectivity index (χ0) is 20.9. The van der Waals surface area contributed by atoms with Crippen molar-refractivity contribution in [2.75, 3.05) is 31.7 Å². The van der Waals surface area contributed by atoms with Crippen molar-refractivity contribution in [1.29, 1.82) is 0 Å². The van der Waals surface area contributed by atoms with Gasteiger partial charge in [-0.3, -0.25) is 0 Å². The van der Waals surface area contributed by atoms with E-state index in [4.69, 9.17) is 9.47 Å². The Morgan fingerprint density at radius 2 is 1.86 bits per heavy atom. The Kier molecular flexibility index (Phi) is 9.69. The zero-order valence-electron chi connectivity index (χ0n) is 17.4. The van der Waals surface area contributed by atoms with Crippen molar-refractivity contribution < 1.29 is 14.6 Å². The minimum absolute atomic E-state index is 0.245. The molecule has 0 amide bonds. The van der Waals surface area contributed by atoms with Gasteiger partial charge in [0.2, 0.25) is 0 Å². The van der Waals surface area contributed by atoms with E-state index in [1.54, 1.807) is 18.3 Å². The summed E-state index contributed by atoms with van der Waals surface area (Å²) in [7, 11) is 0. The third-order valence-electron chi connectivity index (χ3n) is 4.14. The van der Waals surface area contributed by atoms with Crippen molar-refractivity contribution in [3.05, 3.63) is 78.2 Å². The Bertz CT molecular complexity index is 839. The van der Waals surface area contributed by atoms with Crippen LogP contribution in [0.3, 0.4) is 0 Å². The van der Waals surface area contributed by atoms with Gasteiger partial charge in [-0.1, -0.05) is 44.2 Å². The van der Waals surface area contributed by atoms with Crippen molar-refractivity contribution in [1.82, 2.24) is 4.98 Å². The Balaban J connectivity index is 0.00000145. The molecule has 29 heavy (non-hydrogen) atoms. The number of aromatic hydroxyl groups is 1. The first kappa shape index (κ1) is 22.4. The maximum absolute atomic E-state index is 9.60. The lowest BCUT2D eigenvalue weighted by Gasteiger charge is -2.09. The van der Waals surface area contributed by atoms with Crippen molar-refractivity contribution in [2.24, 2.45) is 0 Å². The van der Waals surface area contributed by atoms with Crippen LogP contribution >= 0.6 is 0 Å². The number of nitrogens with one attached hydrogen (secondary N) is 1. The van der Waals surface area contributed by atoms with E-state index in [1.165, 1.54) is 0 Å². The molecule has 5 heteroatoms. The molecule has 0 bridgehead atoms. The number of hydrogen-bond acceptors (Lipinski definition) is 5. The molecule has 154 valence electrons. The number of benzene rings is 1. The van der Waals surface area contributed by atoms with Crippen LogP contribution in [-0.4, -0.2) is 36.5 Å². The number of phenolic OH excluding ortho intramolecular Hbond substituents is 1. The molecule has 1 aliphatic rings. The summed E-state index contributed by atoms with van der Waals surface area (Å²) in [5.41, 5.74) is 4.05. The number of pyridine rings is 1. The Hall–Kier alpha value is -2.89. The predicted molar refractivity (Wildman–Crippen MR) is 119 cm³/mol. The van der Waals surface area contributed by atoms with Gasteiger partial charge in [-0.05, 0) is 47.9 Å². The van der Waals surface area contributed by atoms with Crippen LogP contribution in [0.25, 0.3) is 11.1 Å². The average molecular weight is 395 g/mol. The smallest absolute Gasteiger partial charge is 0.129 e. The molecule has 0 aliphatic carbocycles. The molecular weight excluding hydrogens is 364 g/mol. The molecule has 0 saturated carbocycles. The molecule has 3 rings (SSSR count). The van der Waals surface area contributed by atoms with E-state index in [2.05, 4.69) is 16.4 Å². The summed E-state index contributed by atoms with van der Waals surface area (Å²) in [5.74, 6) is 0.997. The van der Waals surface area contributed by atoms with Crippen LogP contribution in [0.5, 0.6) is 5.75 Å². The highest BCUT2D eigenvalue weighted by Crippen LogP contribution is 2.23. The van der Waals surface area contributed by atoms with Gasteiger partial charge >= 0.3 is 0 Å². The van der Waals surface area contributed by atoms with Crippen LogP contribution in [0, 0.1) is 0 Å². The summed E-state index contributed by atoms with van der Waals surface area (Å²) in [5, 5.41) is 12.8. The first-order valence-corrected chi connectivity index (χ1v) is 9.94. The lowest BCUT2D eigenvalue weighted by Crippen LogP contribution is -2.06. The predicted octanol–water partition coefficient (Wildman–Crippen LogP) is 5.33. The molecule has 1 aliphatic heterocycles. The maximum atomic E-state index is 9.60. The van der Waals surface area contributed by atoms with Gasteiger partial charge in [0, 0.05) is 18.0 Å². The second-order valence-corrected chi connectivity index (χ2v) is 6.17. The molecule has 0 radical (unpaired) electrons. The number of rotatable bonds is 4. The summed E-state index contributed by atoms with van der Waals surface area (Å²) in [4.78, 5) is 4.44. The van der Waals surface area contributed by atoms with Gasteiger partial charge in [-0.25, -0.2) is 4.98 Å². The minimum atomic E-state index is 0.245. The van der Waals surface area contributed by atoms with Crippen molar-refractivity contribution in [3.8, 4) is 16.9 Å². The van der Waals surface area contributed by atoms with E-state index in [0.29, 0.717) is 26.4 Å². The quantitative estimate of drug-likeness (QED) is 0.734. The second-order valence-electron chi connectivity index (χ2n) is 6.17. The highest BCUT2D eigenvalue weighted by molar-refractivity contribution is 5.65. The van der Waals surface area contributed by atoms with Gasteiger partial charge < -0.3 is 19.9 Å². The molecule has 0 fully saturated rings. The first-order chi connectivity index (χ1) is 14.2. The number of hydrogen-bond donors (Lipinski definition) is 2. The molecule has 0 unspecified atom stereocenters. The fraction of sp³-hybridized carbons (Fsp3) is 0.292. The third kappa shape index (κ3) is 7.56. The molecule has 2 N–H and O–H groups in total. The summed E-state index contributed by atoms with van der Waals surface area (Å²) in [6.45, 7) is 8.41. The van der Waals surface area contributed by atoms with E-state index in [-0.39, 0.29) is 5.75 Å². The summed E-state index contributed by atoms with van der Waals surface area (Å²) in [6, 6.07) is 11.0. The molecule has 1 aromatic heterocycles. The SMILES string of the molecule is CC.CC(=C\Nc1ccc(-c2cccc(O)c2)cn1)/C1=C/COCCOC/C=C\1. The van der Waals surface area contributed by atoms with E-state index in [0.717, 1.165) is 28.1 Å². The Morgan fingerprint density at radius 3 is 2.59 bits per heavy atom. The number of phenols is 1. The van der Waals surface area contributed by atoms with E-state index >= 15 is 0 Å². The maximum Gasteiger partial charge on any atom is 0.129 e. The normalized spacial score (nSPS) is 17.9. The van der Waals surface area contributed by atoms with Gasteiger partial charge in [0.25, 0.3) is 0 Å². The summed E-state index contributed by atoms with van der Waals surface area (Å²) < 4.78 is 10.9. The van der Waals surface area contributed by atoms with Gasteiger partial charge in [-0.15, -0.1) is 0 Å². The molecule has 2 heterocycles. The Morgan fingerprint density at radius 1 is 1.07 bits per heavy atom. The number of ether oxygens (including phenoxy) is 2. The van der Waals surface area contributed by atoms with Crippen LogP contribution in [-0.2, 0) is 9.47 Å². The van der Waals surface area contributed by atoms with Crippen LogP contribution in [0.4, 0.5) is 5.82 Å². The van der Waals surface area contributed by atoms with Crippen LogP contribution in [0.1, 0.15) is 20.8 Å². The van der Waals surface area contributed by atoms with Gasteiger partial charge in [0.1, 0.15) is 11.6 Å². The van der Waals surface area contributed by atoms with Crippen LogP contribution in [0.15, 0.2) is 78.2 Å². The van der Waals surface area contributed by atoms with Crippen molar-refractivity contribution in [2.45, 2.75) is 20.8 Å². The second kappa shape index (κ2) is 12.5. The van der Waals surface area contributed by atoms with Crippen molar-refractivity contribution >= 4 is 5.82 Å². The lowest BCUT2D eigenvalue weighted by molar-refractivity contribution is 0.0702. The standard InChI is InChI=1S/C22H24N2O3.C2H6/c1-17(18-5-3-10-26-12-13-27-11-9-18)15-23-22-8-7-20(16-24-22)19-4-2-6-21(25)14-19;1-2/h2-9,14-16,25H,10-13H2,1H3,(H,23,24);1-2H3/b5-3-,17-15+,18-9+;. The Labute approximate surface area is 173 Å². The topological polar surface area (TPSA) is 63.6 Å². The average Bonchev–Trinajstić information content (AvgIpc) is 2.77. The van der Waals surface area contributed by atoms with Crippen LogP contribution < -0.4 is 5.32 Å². The summed E-state index contributed by atoms with van der Waals surface area (Å²) >= 11 is 0. The van der Waals surface area contributed by atoms with Gasteiger partial charge in [-0.2, -0.15) is 0 Å². The number of nitrogens with zero attached hydrogens (tertiary/aromatic N) is 1. The fourth-order valence-corrected chi connectivity index (χ4v) is 2.64. The highest BCUT2D eigenvalue weighted by Gasteiger charge is 2.01. The highest BCUT2D eigenvalue weighted by atomic mass is 16.5. The van der Waals surface area contributed by atoms with E-state index in [9.17, 15) is 5.11 Å². The molecule has 0 atom stereocenters. The molecule has 5 nitrogen and oxygen atoms in total. The molecule has 1 aromatic carbocycles. The number of anilines is 1. The zero-order valence-corrected chi connectivity index (χ0v) is 17.4. The monoisotopic (exact) mass is 394 g/mol. The molecule has 2 aromatic rings. The summed E-state index contributed by atoms with van der Waals surface area (Å²) in [6.07, 6.45) is 9.83. The molecular formula is C24H30N2O3. The number of aromatic nitrogens is 1. The molecule has 0 saturated heterocycles. The van der Waals surface area contributed by atoms with Crippen molar-refractivity contribution in [3.63, 3.8) is 0 Å². The lowest BCUT2D eigenvalue weighted by atomic mass is 10.1. The fourth-order valence-electron chi connectivity index (χ4n) is 2.64. The van der Waals surface area contributed by atoms with E-state index < -0.39 is 0 Å². The minimum Gasteiger partial charge on any atom is -0.508 e. The number of allylic oxidation sites excluding steroid dienone is 3.